The molecule has 2 rings (SSSR count). The third-order valence-corrected chi connectivity index (χ3v) is 4.73. The van der Waals surface area contributed by atoms with Gasteiger partial charge in [0.25, 0.3) is 0 Å². The summed E-state index contributed by atoms with van der Waals surface area (Å²) in [5, 5.41) is 0. The lowest BCUT2D eigenvalue weighted by Crippen LogP contribution is -2.27. The van der Waals surface area contributed by atoms with Gasteiger partial charge in [0.05, 0.1) is 4.90 Å². The van der Waals surface area contributed by atoms with Gasteiger partial charge in [-0.3, -0.25) is 0 Å². The van der Waals surface area contributed by atoms with E-state index in [4.69, 9.17) is 5.73 Å². The molecule has 1 atom stereocenters. The van der Waals surface area contributed by atoms with Crippen LogP contribution in [0.4, 0.5) is 5.69 Å². The summed E-state index contributed by atoms with van der Waals surface area (Å²) in [6, 6.07) is 13.9. The summed E-state index contributed by atoms with van der Waals surface area (Å²) in [6.07, 6.45) is 0. The van der Waals surface area contributed by atoms with Crippen molar-refractivity contribution in [1.29, 1.82) is 0 Å². The molecule has 106 valence electrons. The standard InChI is InChI=1S/C15H18N2O2S/c1-11-8-9-14(10-15(11)16)20(18,19)17-12(2)13-6-4-3-5-7-13/h3-10,12,17H,16H2,1-2H3/t12-/m0/s1. The van der Waals surface area contributed by atoms with Gasteiger partial charge in [-0.1, -0.05) is 36.4 Å². The van der Waals surface area contributed by atoms with Crippen molar-refractivity contribution in [1.82, 2.24) is 4.72 Å². The van der Waals surface area contributed by atoms with Crippen LogP contribution in [0.3, 0.4) is 0 Å². The molecule has 0 saturated heterocycles. The summed E-state index contributed by atoms with van der Waals surface area (Å²) in [5.41, 5.74) is 8.01. The maximum absolute atomic E-state index is 12.3. The quantitative estimate of drug-likeness (QED) is 0.850. The van der Waals surface area contributed by atoms with Crippen molar-refractivity contribution in [2.45, 2.75) is 24.8 Å². The Morgan fingerprint density at radius 3 is 2.35 bits per heavy atom. The predicted octanol–water partition coefficient (Wildman–Crippen LogP) is 2.62. The first-order valence-electron chi connectivity index (χ1n) is 6.33. The number of sulfonamides is 1. The second-order valence-electron chi connectivity index (χ2n) is 4.77. The van der Waals surface area contributed by atoms with Crippen molar-refractivity contribution in [3.8, 4) is 0 Å². The van der Waals surface area contributed by atoms with Crippen LogP contribution in [0.1, 0.15) is 24.1 Å². The summed E-state index contributed by atoms with van der Waals surface area (Å²) in [6.45, 7) is 3.65. The van der Waals surface area contributed by atoms with Crippen molar-refractivity contribution in [2.75, 3.05) is 5.73 Å². The minimum Gasteiger partial charge on any atom is -0.398 e. The molecule has 2 aromatic rings. The molecule has 5 heteroatoms. The van der Waals surface area contributed by atoms with Crippen LogP contribution in [0, 0.1) is 6.92 Å². The highest BCUT2D eigenvalue weighted by Gasteiger charge is 2.18. The lowest BCUT2D eigenvalue weighted by atomic mass is 10.1. The van der Waals surface area contributed by atoms with E-state index < -0.39 is 10.0 Å². The molecular formula is C15H18N2O2S. The predicted molar refractivity (Wildman–Crippen MR) is 80.8 cm³/mol. The van der Waals surface area contributed by atoms with Gasteiger partial charge in [-0.05, 0) is 37.1 Å². The molecule has 0 bridgehead atoms. The molecule has 0 aliphatic rings. The molecule has 20 heavy (non-hydrogen) atoms. The van der Waals surface area contributed by atoms with Crippen LogP contribution in [-0.2, 0) is 10.0 Å². The highest BCUT2D eigenvalue weighted by molar-refractivity contribution is 7.89. The van der Waals surface area contributed by atoms with E-state index in [9.17, 15) is 8.42 Å². The number of hydrogen-bond donors (Lipinski definition) is 2. The van der Waals surface area contributed by atoms with Crippen LogP contribution in [0.25, 0.3) is 0 Å². The van der Waals surface area contributed by atoms with E-state index in [-0.39, 0.29) is 10.9 Å². The van der Waals surface area contributed by atoms with Crippen molar-refractivity contribution < 1.29 is 8.42 Å². The van der Waals surface area contributed by atoms with Crippen LogP contribution < -0.4 is 10.5 Å². The Kier molecular flexibility index (Phi) is 4.11. The minimum atomic E-state index is -3.58. The number of aryl methyl sites for hydroxylation is 1. The molecule has 0 heterocycles. The van der Waals surface area contributed by atoms with Crippen LogP contribution in [0.5, 0.6) is 0 Å². The van der Waals surface area contributed by atoms with Gasteiger partial charge in [-0.25, -0.2) is 13.1 Å². The average molecular weight is 290 g/mol. The second kappa shape index (κ2) is 5.64. The number of nitrogens with one attached hydrogen (secondary N) is 1. The normalized spacial score (nSPS) is 13.1. The smallest absolute Gasteiger partial charge is 0.241 e. The number of rotatable bonds is 4. The first-order valence-corrected chi connectivity index (χ1v) is 7.82. The van der Waals surface area contributed by atoms with Gasteiger partial charge in [0, 0.05) is 11.7 Å². The second-order valence-corrected chi connectivity index (χ2v) is 6.49. The summed E-state index contributed by atoms with van der Waals surface area (Å²) < 4.78 is 27.3. The van der Waals surface area contributed by atoms with E-state index >= 15 is 0 Å². The van der Waals surface area contributed by atoms with E-state index in [2.05, 4.69) is 4.72 Å². The fourth-order valence-electron chi connectivity index (χ4n) is 1.90. The number of nitrogen functional groups attached to an aromatic ring is 1. The van der Waals surface area contributed by atoms with Gasteiger partial charge in [0.1, 0.15) is 0 Å². The Bertz CT molecular complexity index is 697. The zero-order valence-electron chi connectivity index (χ0n) is 11.5. The molecule has 3 N–H and O–H groups in total. The summed E-state index contributed by atoms with van der Waals surface area (Å²) in [4.78, 5) is 0.184. The zero-order valence-corrected chi connectivity index (χ0v) is 12.3. The number of hydrogen-bond acceptors (Lipinski definition) is 3. The largest absolute Gasteiger partial charge is 0.398 e. The topological polar surface area (TPSA) is 72.2 Å². The molecule has 0 amide bonds. The van der Waals surface area contributed by atoms with E-state index in [0.717, 1.165) is 11.1 Å². The average Bonchev–Trinajstić information content (AvgIpc) is 2.42. The Morgan fingerprint density at radius 2 is 1.75 bits per heavy atom. The zero-order chi connectivity index (χ0) is 14.8. The fraction of sp³-hybridized carbons (Fsp3) is 0.200. The molecule has 0 aliphatic heterocycles. The van der Waals surface area contributed by atoms with Gasteiger partial charge in [-0.15, -0.1) is 0 Å². The number of benzene rings is 2. The van der Waals surface area contributed by atoms with E-state index in [1.54, 1.807) is 12.1 Å². The molecule has 2 aromatic carbocycles. The Balaban J connectivity index is 2.25. The first kappa shape index (κ1) is 14.6. The Labute approximate surface area is 119 Å². The van der Waals surface area contributed by atoms with Gasteiger partial charge < -0.3 is 5.73 Å². The van der Waals surface area contributed by atoms with Gasteiger partial charge in [0.15, 0.2) is 0 Å². The number of nitrogens with two attached hydrogens (primary N) is 1. The third kappa shape index (κ3) is 3.18. The Hall–Kier alpha value is -1.85. The monoisotopic (exact) mass is 290 g/mol. The first-order chi connectivity index (χ1) is 9.40. The van der Waals surface area contributed by atoms with Crippen LogP contribution >= 0.6 is 0 Å². The molecule has 0 spiro atoms. The summed E-state index contributed by atoms with van der Waals surface area (Å²) in [5.74, 6) is 0. The SMILES string of the molecule is Cc1ccc(S(=O)(=O)N[C@@H](C)c2ccccc2)cc1N. The molecule has 0 unspecified atom stereocenters. The molecule has 0 aliphatic carbocycles. The lowest BCUT2D eigenvalue weighted by molar-refractivity contribution is 0.567. The Morgan fingerprint density at radius 1 is 1.10 bits per heavy atom. The van der Waals surface area contributed by atoms with Gasteiger partial charge in [-0.2, -0.15) is 0 Å². The molecule has 0 radical (unpaired) electrons. The molecule has 4 nitrogen and oxygen atoms in total. The van der Waals surface area contributed by atoms with Gasteiger partial charge >= 0.3 is 0 Å². The third-order valence-electron chi connectivity index (χ3n) is 3.19. The maximum Gasteiger partial charge on any atom is 0.241 e. The van der Waals surface area contributed by atoms with Crippen molar-refractivity contribution in [3.05, 3.63) is 59.7 Å². The molecular weight excluding hydrogens is 272 g/mol. The van der Waals surface area contributed by atoms with E-state index in [0.29, 0.717) is 5.69 Å². The fourth-order valence-corrected chi connectivity index (χ4v) is 3.16. The molecule has 0 fully saturated rings. The highest BCUT2D eigenvalue weighted by Crippen LogP contribution is 2.20. The minimum absolute atomic E-state index is 0.184. The van der Waals surface area contributed by atoms with E-state index in [1.165, 1.54) is 6.07 Å². The maximum atomic E-state index is 12.3. The van der Waals surface area contributed by atoms with Crippen LogP contribution in [0.15, 0.2) is 53.4 Å². The molecule has 0 saturated carbocycles. The lowest BCUT2D eigenvalue weighted by Gasteiger charge is -2.15. The van der Waals surface area contributed by atoms with Crippen molar-refractivity contribution >= 4 is 15.7 Å². The van der Waals surface area contributed by atoms with Crippen LogP contribution in [-0.4, -0.2) is 8.42 Å². The van der Waals surface area contributed by atoms with Crippen LogP contribution in [0.2, 0.25) is 0 Å². The van der Waals surface area contributed by atoms with Crippen molar-refractivity contribution in [2.24, 2.45) is 0 Å². The van der Waals surface area contributed by atoms with Gasteiger partial charge in [0.2, 0.25) is 10.0 Å². The summed E-state index contributed by atoms with van der Waals surface area (Å²) >= 11 is 0. The highest BCUT2D eigenvalue weighted by atomic mass is 32.2. The van der Waals surface area contributed by atoms with Crippen molar-refractivity contribution in [3.63, 3.8) is 0 Å². The number of anilines is 1. The molecule has 0 aromatic heterocycles. The van der Waals surface area contributed by atoms with E-state index in [1.807, 2.05) is 44.2 Å². The summed E-state index contributed by atoms with van der Waals surface area (Å²) in [7, 11) is -3.58.